The minimum atomic E-state index is 0.0752. The van der Waals surface area contributed by atoms with Gasteiger partial charge in [0.2, 0.25) is 0 Å². The fourth-order valence-corrected chi connectivity index (χ4v) is 1.86. The van der Waals surface area contributed by atoms with Crippen molar-refractivity contribution in [1.82, 2.24) is 5.32 Å². The first-order chi connectivity index (χ1) is 9.88. The molecule has 0 bridgehead atoms. The number of ketones is 1. The van der Waals surface area contributed by atoms with E-state index in [1.165, 1.54) is 0 Å². The number of carbonyl (C=O) groups excluding carboxylic acids is 1. The van der Waals surface area contributed by atoms with E-state index in [0.717, 1.165) is 37.4 Å². The standard InChI is InChI=1S/C13H10O.C4H9NO/c14-13(11-7-3-1-4-8-11)12-9-5-2-6-10-12;1-3-6-4-2-5-1/h1-10H;5H,1-4H2. The lowest BCUT2D eigenvalue weighted by Gasteiger charge is -2.10. The average molecular weight is 269 g/mol. The van der Waals surface area contributed by atoms with Crippen LogP contribution >= 0.6 is 0 Å². The van der Waals surface area contributed by atoms with Crippen LogP contribution in [0.5, 0.6) is 0 Å². The molecule has 1 saturated heterocycles. The van der Waals surface area contributed by atoms with Gasteiger partial charge in [-0.15, -0.1) is 0 Å². The number of nitrogens with one attached hydrogen (secondary N) is 1. The third kappa shape index (κ3) is 4.61. The van der Waals surface area contributed by atoms with E-state index >= 15 is 0 Å². The third-order valence-corrected chi connectivity index (χ3v) is 2.92. The highest BCUT2D eigenvalue weighted by Crippen LogP contribution is 2.08. The number of hydrogen-bond acceptors (Lipinski definition) is 3. The molecule has 0 radical (unpaired) electrons. The molecule has 20 heavy (non-hydrogen) atoms. The van der Waals surface area contributed by atoms with Crippen LogP contribution in [0.2, 0.25) is 0 Å². The summed E-state index contributed by atoms with van der Waals surface area (Å²) in [6.45, 7) is 3.83. The van der Waals surface area contributed by atoms with Gasteiger partial charge in [0.25, 0.3) is 0 Å². The Bertz CT molecular complexity index is 454. The van der Waals surface area contributed by atoms with Gasteiger partial charge in [-0.3, -0.25) is 4.79 Å². The Morgan fingerprint density at radius 3 is 1.55 bits per heavy atom. The molecule has 3 nitrogen and oxygen atoms in total. The number of morpholine rings is 1. The van der Waals surface area contributed by atoms with Crippen LogP contribution in [0.25, 0.3) is 0 Å². The summed E-state index contributed by atoms with van der Waals surface area (Å²) in [6, 6.07) is 18.6. The van der Waals surface area contributed by atoms with Gasteiger partial charge < -0.3 is 10.1 Å². The van der Waals surface area contributed by atoms with Crippen LogP contribution in [0.3, 0.4) is 0 Å². The Labute approximate surface area is 119 Å². The highest BCUT2D eigenvalue weighted by atomic mass is 16.5. The van der Waals surface area contributed by atoms with E-state index in [9.17, 15) is 4.79 Å². The predicted octanol–water partition coefficient (Wildman–Crippen LogP) is 2.52. The summed E-state index contributed by atoms with van der Waals surface area (Å²) in [5.41, 5.74) is 1.47. The maximum Gasteiger partial charge on any atom is 0.193 e. The quantitative estimate of drug-likeness (QED) is 0.851. The molecule has 2 aromatic rings. The Balaban J connectivity index is 0.000000205. The maximum atomic E-state index is 11.8. The molecule has 1 fully saturated rings. The summed E-state index contributed by atoms with van der Waals surface area (Å²) < 4.78 is 5.01. The van der Waals surface area contributed by atoms with Gasteiger partial charge in [0.15, 0.2) is 5.78 Å². The van der Waals surface area contributed by atoms with Crippen molar-refractivity contribution in [3.8, 4) is 0 Å². The summed E-state index contributed by atoms with van der Waals surface area (Å²) in [6.07, 6.45) is 0. The topological polar surface area (TPSA) is 38.3 Å². The highest BCUT2D eigenvalue weighted by Gasteiger charge is 2.06. The molecule has 104 valence electrons. The Kier molecular flexibility index (Phi) is 5.96. The van der Waals surface area contributed by atoms with Gasteiger partial charge in [-0.2, -0.15) is 0 Å². The molecular weight excluding hydrogens is 250 g/mol. The molecule has 0 unspecified atom stereocenters. The number of benzene rings is 2. The van der Waals surface area contributed by atoms with Crippen molar-refractivity contribution in [3.63, 3.8) is 0 Å². The minimum Gasteiger partial charge on any atom is -0.379 e. The fraction of sp³-hybridized carbons (Fsp3) is 0.235. The maximum absolute atomic E-state index is 11.8. The van der Waals surface area contributed by atoms with Crippen LogP contribution in [0.4, 0.5) is 0 Å². The van der Waals surface area contributed by atoms with Gasteiger partial charge in [0.1, 0.15) is 0 Å². The first-order valence-corrected chi connectivity index (χ1v) is 6.81. The van der Waals surface area contributed by atoms with Crippen LogP contribution in [0.15, 0.2) is 60.7 Å². The summed E-state index contributed by atoms with van der Waals surface area (Å²) in [7, 11) is 0. The predicted molar refractivity (Wildman–Crippen MR) is 80.0 cm³/mol. The largest absolute Gasteiger partial charge is 0.379 e. The molecule has 3 heteroatoms. The highest BCUT2D eigenvalue weighted by molar-refractivity contribution is 6.08. The lowest BCUT2D eigenvalue weighted by Crippen LogP contribution is -2.30. The molecule has 3 rings (SSSR count). The molecule has 0 saturated carbocycles. The first kappa shape index (κ1) is 14.4. The van der Waals surface area contributed by atoms with Gasteiger partial charge in [-0.05, 0) is 0 Å². The Morgan fingerprint density at radius 2 is 1.25 bits per heavy atom. The summed E-state index contributed by atoms with van der Waals surface area (Å²) >= 11 is 0. The van der Waals surface area contributed by atoms with E-state index in [4.69, 9.17) is 4.74 Å². The number of ether oxygens (including phenoxy) is 1. The van der Waals surface area contributed by atoms with Crippen molar-refractivity contribution < 1.29 is 9.53 Å². The van der Waals surface area contributed by atoms with E-state index in [1.807, 2.05) is 60.7 Å². The molecule has 1 heterocycles. The summed E-state index contributed by atoms with van der Waals surface area (Å²) in [5, 5.41) is 3.16. The van der Waals surface area contributed by atoms with Gasteiger partial charge in [-0.25, -0.2) is 0 Å². The Hall–Kier alpha value is -1.97. The van der Waals surface area contributed by atoms with Crippen molar-refractivity contribution in [2.75, 3.05) is 26.3 Å². The lowest BCUT2D eigenvalue weighted by molar-refractivity contribution is 0.103. The SMILES string of the molecule is C1COCCN1.O=C(c1ccccc1)c1ccccc1. The normalized spacial score (nSPS) is 14.0. The van der Waals surface area contributed by atoms with E-state index in [1.54, 1.807) is 0 Å². The molecule has 1 aliphatic rings. The van der Waals surface area contributed by atoms with Crippen molar-refractivity contribution in [2.24, 2.45) is 0 Å². The number of hydrogen-bond donors (Lipinski definition) is 1. The number of rotatable bonds is 2. The van der Waals surface area contributed by atoms with E-state index in [2.05, 4.69) is 5.32 Å². The molecule has 1 N–H and O–H groups in total. The Morgan fingerprint density at radius 1 is 0.800 bits per heavy atom. The zero-order valence-electron chi connectivity index (χ0n) is 11.4. The second-order valence-corrected chi connectivity index (χ2v) is 4.42. The third-order valence-electron chi connectivity index (χ3n) is 2.92. The van der Waals surface area contributed by atoms with Crippen LogP contribution in [-0.2, 0) is 4.74 Å². The van der Waals surface area contributed by atoms with Crippen LogP contribution in [0.1, 0.15) is 15.9 Å². The van der Waals surface area contributed by atoms with E-state index < -0.39 is 0 Å². The van der Waals surface area contributed by atoms with Crippen LogP contribution in [0, 0.1) is 0 Å². The molecular formula is C17H19NO2. The van der Waals surface area contributed by atoms with Crippen LogP contribution in [-0.4, -0.2) is 32.1 Å². The second kappa shape index (κ2) is 8.25. The monoisotopic (exact) mass is 269 g/mol. The summed E-state index contributed by atoms with van der Waals surface area (Å²) in [4.78, 5) is 11.8. The first-order valence-electron chi connectivity index (χ1n) is 6.81. The van der Waals surface area contributed by atoms with Crippen molar-refractivity contribution in [2.45, 2.75) is 0 Å². The smallest absolute Gasteiger partial charge is 0.193 e. The molecule has 1 aliphatic heterocycles. The van der Waals surface area contributed by atoms with Crippen LogP contribution < -0.4 is 5.32 Å². The van der Waals surface area contributed by atoms with E-state index in [0.29, 0.717) is 0 Å². The van der Waals surface area contributed by atoms with Crippen molar-refractivity contribution in [1.29, 1.82) is 0 Å². The lowest BCUT2D eigenvalue weighted by atomic mass is 10.0. The molecule has 0 aliphatic carbocycles. The van der Waals surface area contributed by atoms with Gasteiger partial charge in [0, 0.05) is 24.2 Å². The zero-order chi connectivity index (χ0) is 14.0. The van der Waals surface area contributed by atoms with Crippen molar-refractivity contribution in [3.05, 3.63) is 71.8 Å². The van der Waals surface area contributed by atoms with Crippen molar-refractivity contribution >= 4 is 5.78 Å². The number of carbonyl (C=O) groups is 1. The van der Waals surface area contributed by atoms with Gasteiger partial charge in [-0.1, -0.05) is 60.7 Å². The second-order valence-electron chi connectivity index (χ2n) is 4.42. The average Bonchev–Trinajstić information content (AvgIpc) is 2.58. The molecule has 0 atom stereocenters. The minimum absolute atomic E-state index is 0.0752. The molecule has 0 spiro atoms. The van der Waals surface area contributed by atoms with Gasteiger partial charge in [0.05, 0.1) is 13.2 Å². The van der Waals surface area contributed by atoms with Gasteiger partial charge >= 0.3 is 0 Å². The fourth-order valence-electron chi connectivity index (χ4n) is 1.86. The zero-order valence-corrected chi connectivity index (χ0v) is 11.4. The molecule has 2 aromatic carbocycles. The molecule has 0 amide bonds. The van der Waals surface area contributed by atoms with E-state index in [-0.39, 0.29) is 5.78 Å². The summed E-state index contributed by atoms with van der Waals surface area (Å²) in [5.74, 6) is 0.0752. The molecule has 0 aromatic heterocycles.